The molecule has 0 bridgehead atoms. The number of amides is 4. The predicted molar refractivity (Wildman–Crippen MR) is 215 cm³/mol. The van der Waals surface area contributed by atoms with Gasteiger partial charge in [-0.05, 0) is 72.4 Å². The SMILES string of the molecule is COc1ccc(C23C(=O)N(Nc4ccc(Cl)cc4Cl)C(=O)C2CC2C(=CCC4C(=O)N(c5cc([N+](=O)[O-])c(N(C)C)c([N+](=O)[O-])c5)C(=O)C42)C3c2ccc(O)c(F)c2)cc1. The lowest BCUT2D eigenvalue weighted by Crippen LogP contribution is -2.53. The molecule has 0 radical (unpaired) electrons. The fourth-order valence-corrected chi connectivity index (χ4v) is 10.1. The number of rotatable bonds is 9. The Morgan fingerprint density at radius 1 is 0.900 bits per heavy atom. The number of nitrogens with one attached hydrogen (secondary N) is 1. The number of imide groups is 2. The van der Waals surface area contributed by atoms with Gasteiger partial charge in [-0.25, -0.2) is 9.29 Å². The predicted octanol–water partition coefficient (Wildman–Crippen LogP) is 6.92. The number of allylic oxidation sites excluding steroid dienone is 2. The van der Waals surface area contributed by atoms with E-state index in [1.54, 1.807) is 30.3 Å². The molecule has 0 spiro atoms. The first-order valence-electron chi connectivity index (χ1n) is 18.5. The molecule has 0 aromatic heterocycles. The molecule has 2 heterocycles. The quantitative estimate of drug-likeness (QED) is 0.0762. The summed E-state index contributed by atoms with van der Waals surface area (Å²) in [6, 6.07) is 16.3. The molecule has 4 amide bonds. The van der Waals surface area contributed by atoms with E-state index in [4.69, 9.17) is 27.9 Å². The number of hydrazine groups is 1. The maximum atomic E-state index is 15.5. The van der Waals surface area contributed by atoms with Crippen LogP contribution >= 0.6 is 23.2 Å². The summed E-state index contributed by atoms with van der Waals surface area (Å²) in [4.78, 5) is 84.1. The van der Waals surface area contributed by atoms with Gasteiger partial charge in [-0.2, -0.15) is 5.01 Å². The Labute approximate surface area is 350 Å². The number of halogens is 3. The number of phenolic OH excluding ortho intramolecular Hbond substituents is 1. The number of methoxy groups -OCH3 is 1. The van der Waals surface area contributed by atoms with Crippen LogP contribution in [0.1, 0.15) is 29.9 Å². The van der Waals surface area contributed by atoms with Crippen LogP contribution in [0.15, 0.2) is 84.4 Å². The number of phenols is 1. The number of benzene rings is 4. The molecule has 4 aliphatic rings. The average Bonchev–Trinajstić information content (AvgIpc) is 3.59. The van der Waals surface area contributed by atoms with E-state index < -0.39 is 91.4 Å². The van der Waals surface area contributed by atoms with Crippen LogP contribution in [0.2, 0.25) is 10.0 Å². The Balaban J connectivity index is 1.32. The van der Waals surface area contributed by atoms with Crippen molar-refractivity contribution in [2.24, 2.45) is 23.7 Å². The molecular weight excluding hydrogens is 826 g/mol. The van der Waals surface area contributed by atoms with Gasteiger partial charge in [-0.1, -0.05) is 53.1 Å². The summed E-state index contributed by atoms with van der Waals surface area (Å²) in [6.45, 7) is 0. The normalized spacial score (nSPS) is 24.4. The number of anilines is 3. The van der Waals surface area contributed by atoms with E-state index in [1.165, 1.54) is 50.4 Å². The number of nitro benzene ring substituents is 2. The number of aromatic hydroxyl groups is 1. The van der Waals surface area contributed by atoms with E-state index in [1.807, 2.05) is 0 Å². The minimum absolute atomic E-state index is 0.0809. The highest BCUT2D eigenvalue weighted by atomic mass is 35.5. The van der Waals surface area contributed by atoms with Gasteiger partial charge in [0, 0.05) is 37.2 Å². The van der Waals surface area contributed by atoms with Gasteiger partial charge in [0.05, 0.1) is 56.5 Å². The molecule has 4 aromatic carbocycles. The first-order valence-corrected chi connectivity index (χ1v) is 19.2. The second kappa shape index (κ2) is 14.6. The standard InChI is InChI=1S/C41H33Cl2FN6O10/c1-46(2)36-31(49(56)57)16-22(17-32(36)50(58)59)47-37(52)25-11-10-24-26(34(25)39(47)54)18-27-38(53)48(45-30-12-7-21(42)15-28(30)43)40(55)41(27,20-5-8-23(60-3)9-6-20)35(24)19-4-13-33(51)29(44)14-19/h4-10,12-17,25-27,34-35,45,51H,11,18H2,1-3H3. The molecule has 1 saturated carbocycles. The van der Waals surface area contributed by atoms with Gasteiger partial charge in [0.2, 0.25) is 11.8 Å². The highest BCUT2D eigenvalue weighted by Gasteiger charge is 2.70. The van der Waals surface area contributed by atoms with Crippen molar-refractivity contribution in [3.8, 4) is 11.5 Å². The van der Waals surface area contributed by atoms with Crippen LogP contribution in [0.5, 0.6) is 11.5 Å². The number of nitrogens with zero attached hydrogens (tertiary/aromatic N) is 5. The van der Waals surface area contributed by atoms with Crippen LogP contribution in [0.25, 0.3) is 0 Å². The summed E-state index contributed by atoms with van der Waals surface area (Å²) in [6.07, 6.45) is 1.43. The molecule has 8 rings (SSSR count). The van der Waals surface area contributed by atoms with Crippen LogP contribution in [-0.2, 0) is 24.6 Å². The second-order valence-corrected chi connectivity index (χ2v) is 16.0. The van der Waals surface area contributed by atoms with Crippen LogP contribution in [0, 0.1) is 49.7 Å². The Hall–Kier alpha value is -6.59. The first-order chi connectivity index (χ1) is 28.5. The van der Waals surface area contributed by atoms with Crippen molar-refractivity contribution in [3.63, 3.8) is 0 Å². The van der Waals surface area contributed by atoms with Crippen LogP contribution < -0.4 is 20.0 Å². The van der Waals surface area contributed by atoms with Crippen molar-refractivity contribution in [3.05, 3.63) is 132 Å². The molecule has 2 aliphatic heterocycles. The molecule has 60 heavy (non-hydrogen) atoms. The van der Waals surface area contributed by atoms with Crippen molar-refractivity contribution in [2.75, 3.05) is 36.4 Å². The molecular formula is C41H33Cl2FN6O10. The molecule has 6 atom stereocenters. The molecule has 4 aromatic rings. The third-order valence-electron chi connectivity index (χ3n) is 12.0. The lowest BCUT2D eigenvalue weighted by Gasteiger charge is -2.50. The van der Waals surface area contributed by atoms with E-state index in [0.29, 0.717) is 21.8 Å². The van der Waals surface area contributed by atoms with Crippen molar-refractivity contribution in [1.29, 1.82) is 0 Å². The van der Waals surface area contributed by atoms with Crippen molar-refractivity contribution < 1.29 is 43.3 Å². The third kappa shape index (κ3) is 5.93. The minimum Gasteiger partial charge on any atom is -0.505 e. The maximum absolute atomic E-state index is 15.5. The molecule has 308 valence electrons. The Bertz CT molecular complexity index is 2570. The molecule has 2 aliphatic carbocycles. The number of hydrogen-bond acceptors (Lipinski definition) is 12. The van der Waals surface area contributed by atoms with E-state index in [2.05, 4.69) is 5.43 Å². The van der Waals surface area contributed by atoms with Crippen LogP contribution in [0.4, 0.5) is 32.8 Å². The lowest BCUT2D eigenvalue weighted by molar-refractivity contribution is -0.392. The fourth-order valence-electron chi connectivity index (χ4n) is 9.63. The highest BCUT2D eigenvalue weighted by molar-refractivity contribution is 6.36. The zero-order valence-electron chi connectivity index (χ0n) is 31.8. The molecule has 3 fully saturated rings. The number of nitro groups is 2. The summed E-state index contributed by atoms with van der Waals surface area (Å²) in [5.74, 6) is -10.0. The first kappa shape index (κ1) is 40.2. The van der Waals surface area contributed by atoms with Gasteiger partial charge in [0.25, 0.3) is 11.8 Å². The van der Waals surface area contributed by atoms with Gasteiger partial charge >= 0.3 is 11.4 Å². The Morgan fingerprint density at radius 3 is 2.15 bits per heavy atom. The van der Waals surface area contributed by atoms with Crippen LogP contribution in [-0.4, -0.2) is 64.8 Å². The summed E-state index contributed by atoms with van der Waals surface area (Å²) in [5, 5.41) is 36.0. The number of hydrogen-bond donors (Lipinski definition) is 2. The lowest BCUT2D eigenvalue weighted by atomic mass is 9.49. The zero-order valence-corrected chi connectivity index (χ0v) is 33.3. The summed E-state index contributed by atoms with van der Waals surface area (Å²) in [7, 11) is 4.21. The van der Waals surface area contributed by atoms with Crippen molar-refractivity contribution >= 4 is 75.3 Å². The highest BCUT2D eigenvalue weighted by Crippen LogP contribution is 2.64. The summed E-state index contributed by atoms with van der Waals surface area (Å²) in [5.41, 5.74) is -0.0118. The number of fused-ring (bicyclic) bond motifs is 4. The zero-order chi connectivity index (χ0) is 43.1. The van der Waals surface area contributed by atoms with E-state index >= 15 is 9.18 Å². The van der Waals surface area contributed by atoms with Gasteiger partial charge < -0.3 is 14.7 Å². The fraction of sp³-hybridized carbons (Fsp3) is 0.268. The number of ether oxygens (including phenoxy) is 1. The van der Waals surface area contributed by atoms with Crippen LogP contribution in [0.3, 0.4) is 0 Å². The van der Waals surface area contributed by atoms with Gasteiger partial charge in [0.15, 0.2) is 17.3 Å². The third-order valence-corrected chi connectivity index (χ3v) is 12.6. The number of carbonyl (C=O) groups excluding carboxylic acids is 4. The van der Waals surface area contributed by atoms with E-state index in [0.717, 1.165) is 29.3 Å². The van der Waals surface area contributed by atoms with Crippen molar-refractivity contribution in [1.82, 2.24) is 5.01 Å². The molecule has 16 nitrogen and oxygen atoms in total. The largest absolute Gasteiger partial charge is 0.505 e. The summed E-state index contributed by atoms with van der Waals surface area (Å²) < 4.78 is 20.9. The minimum atomic E-state index is -1.83. The monoisotopic (exact) mass is 858 g/mol. The van der Waals surface area contributed by atoms with E-state index in [-0.39, 0.29) is 45.5 Å². The molecule has 2 saturated heterocycles. The molecule has 2 N–H and O–H groups in total. The smallest absolute Gasteiger partial charge is 0.301 e. The van der Waals surface area contributed by atoms with Gasteiger partial charge in [-0.15, -0.1) is 0 Å². The average molecular weight is 860 g/mol. The second-order valence-electron chi connectivity index (χ2n) is 15.2. The van der Waals surface area contributed by atoms with Gasteiger partial charge in [0.1, 0.15) is 5.75 Å². The number of carbonyl (C=O) groups is 4. The Kier molecular flexibility index (Phi) is 9.78. The van der Waals surface area contributed by atoms with E-state index in [9.17, 15) is 39.7 Å². The topological polar surface area (TPSA) is 206 Å². The van der Waals surface area contributed by atoms with Crippen molar-refractivity contribution in [2.45, 2.75) is 24.2 Å². The summed E-state index contributed by atoms with van der Waals surface area (Å²) >= 11 is 12.6. The molecule has 6 unspecified atom stereocenters. The molecule has 19 heteroatoms. The van der Waals surface area contributed by atoms with Gasteiger partial charge in [-0.3, -0.25) is 44.8 Å². The maximum Gasteiger partial charge on any atom is 0.301 e. The Morgan fingerprint density at radius 2 is 1.57 bits per heavy atom.